The van der Waals surface area contributed by atoms with Gasteiger partial charge in [0, 0.05) is 0 Å². The Morgan fingerprint density at radius 1 is 0.645 bits per heavy atom. The molecule has 1 aliphatic carbocycles. The van der Waals surface area contributed by atoms with Crippen LogP contribution in [0.3, 0.4) is 0 Å². The third-order valence-electron chi connectivity index (χ3n) is 4.76. The fourth-order valence-electron chi connectivity index (χ4n) is 2.87. The van der Waals surface area contributed by atoms with Gasteiger partial charge in [-0.2, -0.15) is 0 Å². The van der Waals surface area contributed by atoms with Crippen molar-refractivity contribution in [1.82, 2.24) is 0 Å². The van der Waals surface area contributed by atoms with Gasteiger partial charge in [0.25, 0.3) is 0 Å². The van der Waals surface area contributed by atoms with Crippen LogP contribution in [0.4, 0.5) is 4.39 Å². The lowest BCUT2D eigenvalue weighted by atomic mass is 9.76. The van der Waals surface area contributed by atoms with E-state index in [0.717, 1.165) is 30.6 Å². The van der Waals surface area contributed by atoms with E-state index >= 15 is 0 Å². The fourth-order valence-corrected chi connectivity index (χ4v) is 2.87. The molecule has 0 nitrogen and oxygen atoms in total. The van der Waals surface area contributed by atoms with E-state index in [1.807, 2.05) is 27.7 Å². The molecule has 0 aromatic heterocycles. The summed E-state index contributed by atoms with van der Waals surface area (Å²) in [7, 11) is 0. The quantitative estimate of drug-likeness (QED) is 0.346. The van der Waals surface area contributed by atoms with E-state index in [-0.39, 0.29) is 0 Å². The summed E-state index contributed by atoms with van der Waals surface area (Å²) >= 11 is 0. The Morgan fingerprint density at radius 2 is 1.00 bits per heavy atom. The molecule has 0 radical (unpaired) electrons. The van der Waals surface area contributed by atoms with Crippen molar-refractivity contribution in [3.63, 3.8) is 0 Å². The van der Waals surface area contributed by atoms with Crippen LogP contribution in [0.15, 0.2) is 0 Å². The predicted octanol–water partition coefficient (Wildman–Crippen LogP) is 12.2. The number of rotatable bonds is 8. The van der Waals surface area contributed by atoms with Crippen LogP contribution in [-0.2, 0) is 0 Å². The zero-order chi connectivity index (χ0) is 25.8. The molecule has 0 atom stereocenters. The Morgan fingerprint density at radius 3 is 1.13 bits per heavy atom. The lowest BCUT2D eigenvalue weighted by Crippen LogP contribution is -2.28. The van der Waals surface area contributed by atoms with Crippen molar-refractivity contribution >= 4 is 0 Å². The Labute approximate surface area is 202 Å². The summed E-state index contributed by atoms with van der Waals surface area (Å²) in [6, 6.07) is 0. The normalized spacial score (nSPS) is 16.3. The van der Waals surface area contributed by atoms with Gasteiger partial charge in [0.1, 0.15) is 6.17 Å². The van der Waals surface area contributed by atoms with Gasteiger partial charge in [-0.25, -0.2) is 4.39 Å². The number of hydrogen-bond donors (Lipinski definition) is 0. The molecule has 0 heterocycles. The van der Waals surface area contributed by atoms with Crippen LogP contribution < -0.4 is 0 Å². The van der Waals surface area contributed by atoms with Gasteiger partial charge in [0.2, 0.25) is 0 Å². The average molecular weight is 449 g/mol. The van der Waals surface area contributed by atoms with E-state index in [1.165, 1.54) is 44.9 Å². The van der Waals surface area contributed by atoms with E-state index in [9.17, 15) is 4.39 Å². The number of alkyl halides is 1. The first-order valence-electron chi connectivity index (χ1n) is 14.1. The first-order chi connectivity index (χ1) is 14.5. The van der Waals surface area contributed by atoms with Gasteiger partial charge in [0.15, 0.2) is 0 Å². The molecule has 1 heteroatoms. The topological polar surface area (TPSA) is 0 Å². The monoisotopic (exact) mass is 449 g/mol. The first-order valence-corrected chi connectivity index (χ1v) is 14.1. The molecule has 1 rings (SSSR count). The maximum atomic E-state index is 12.1. The third kappa shape index (κ3) is 48.5. The van der Waals surface area contributed by atoms with Crippen LogP contribution >= 0.6 is 0 Å². The van der Waals surface area contributed by atoms with Crippen molar-refractivity contribution in [3.05, 3.63) is 0 Å². The minimum Gasteiger partial charge on any atom is -0.247 e. The van der Waals surface area contributed by atoms with Crippen LogP contribution in [-0.4, -0.2) is 6.17 Å². The summed E-state index contributed by atoms with van der Waals surface area (Å²) in [6.07, 6.45) is 10.8. The second-order valence-electron chi connectivity index (χ2n) is 10.0. The maximum absolute atomic E-state index is 12.1. The third-order valence-corrected chi connectivity index (χ3v) is 4.76. The van der Waals surface area contributed by atoms with Gasteiger partial charge in [0.05, 0.1) is 0 Å². The average Bonchev–Trinajstić information content (AvgIpc) is 2.68. The molecule has 0 aliphatic heterocycles. The lowest BCUT2D eigenvalue weighted by Gasteiger charge is -2.32. The smallest absolute Gasteiger partial charge is 0.101 e. The highest BCUT2D eigenvalue weighted by atomic mass is 19.1. The van der Waals surface area contributed by atoms with E-state index in [1.54, 1.807) is 0 Å². The van der Waals surface area contributed by atoms with Crippen molar-refractivity contribution < 1.29 is 4.39 Å². The summed E-state index contributed by atoms with van der Waals surface area (Å²) in [5.74, 6) is 4.08. The minimum absolute atomic E-state index is 0.470. The molecule has 0 aromatic carbocycles. The Bertz CT molecular complexity index is 242. The summed E-state index contributed by atoms with van der Waals surface area (Å²) in [5, 5.41) is 0. The molecule has 1 aliphatic rings. The van der Waals surface area contributed by atoms with Gasteiger partial charge in [-0.3, -0.25) is 0 Å². The van der Waals surface area contributed by atoms with E-state index < -0.39 is 6.17 Å². The summed E-state index contributed by atoms with van der Waals surface area (Å²) < 4.78 is 12.1. The van der Waals surface area contributed by atoms with Crippen molar-refractivity contribution in [3.8, 4) is 0 Å². The first kappa shape index (κ1) is 41.2. The van der Waals surface area contributed by atoms with Crippen LogP contribution in [0.25, 0.3) is 0 Å². The van der Waals surface area contributed by atoms with Crippen molar-refractivity contribution in [2.75, 3.05) is 0 Å². The van der Waals surface area contributed by atoms with Gasteiger partial charge in [-0.1, -0.05) is 149 Å². The molecule has 1 saturated carbocycles. The zero-order valence-electron chi connectivity index (χ0n) is 25.2. The van der Waals surface area contributed by atoms with E-state index in [0.29, 0.717) is 11.8 Å². The van der Waals surface area contributed by atoms with Gasteiger partial charge < -0.3 is 0 Å². The molecular formula is C30H69F. The summed E-state index contributed by atoms with van der Waals surface area (Å²) in [4.78, 5) is 0. The fraction of sp³-hybridized carbons (Fsp3) is 1.00. The van der Waals surface area contributed by atoms with Crippen LogP contribution in [0.2, 0.25) is 0 Å². The highest BCUT2D eigenvalue weighted by Gasteiger charge is 2.30. The molecule has 31 heavy (non-hydrogen) atoms. The van der Waals surface area contributed by atoms with Crippen molar-refractivity contribution in [1.29, 1.82) is 0 Å². The standard InChI is InChI=1S/C8H18.C7H13F.C7H16.C4H10.2C2H6/c1-4-6-8(3)7-5-2;1-5(2)6-3-7(8)4-6;1-4-5-6-7(2)3;1-4(2)3;2*1-2/h8H,4-7H2,1-3H3;5-7H,3-4H2,1-2H3;7H,4-6H2,1-3H3;4H,1-3H3;2*1-2H3. The highest BCUT2D eigenvalue weighted by Crippen LogP contribution is 2.35. The van der Waals surface area contributed by atoms with Crippen LogP contribution in [0.1, 0.15) is 162 Å². The summed E-state index contributed by atoms with van der Waals surface area (Å²) in [5.41, 5.74) is 0. The maximum Gasteiger partial charge on any atom is 0.101 e. The number of unbranched alkanes of at least 4 members (excludes halogenated alkanes) is 1. The van der Waals surface area contributed by atoms with E-state index in [4.69, 9.17) is 0 Å². The molecule has 0 aromatic rings. The number of halogens is 1. The largest absolute Gasteiger partial charge is 0.247 e. The van der Waals surface area contributed by atoms with Gasteiger partial charge in [-0.05, 0) is 42.4 Å². The minimum atomic E-state index is -0.470. The Kier molecular flexibility index (Phi) is 45.9. The van der Waals surface area contributed by atoms with Gasteiger partial charge in [-0.15, -0.1) is 0 Å². The molecule has 0 amide bonds. The number of hydrogen-bond acceptors (Lipinski definition) is 0. The predicted molar refractivity (Wildman–Crippen MR) is 149 cm³/mol. The Balaban J connectivity index is -0.0000000938. The summed E-state index contributed by atoms with van der Waals surface area (Å²) in [6.45, 7) is 32.5. The SMILES string of the molecule is CC.CC.CC(C)C.CC(C)C1CC(F)C1.CCCC(C)CCC.CCCCC(C)C. The highest BCUT2D eigenvalue weighted by molar-refractivity contribution is 4.80. The molecule has 196 valence electrons. The van der Waals surface area contributed by atoms with Crippen molar-refractivity contribution in [2.24, 2.45) is 29.6 Å². The van der Waals surface area contributed by atoms with E-state index in [2.05, 4.69) is 76.2 Å². The second kappa shape index (κ2) is 34.5. The second-order valence-corrected chi connectivity index (χ2v) is 10.0. The van der Waals surface area contributed by atoms with Crippen molar-refractivity contribution in [2.45, 2.75) is 168 Å². The molecule has 0 unspecified atom stereocenters. The molecule has 0 N–H and O–H groups in total. The zero-order valence-corrected chi connectivity index (χ0v) is 25.2. The molecule has 1 fully saturated rings. The molecule has 0 saturated heterocycles. The van der Waals surface area contributed by atoms with Crippen LogP contribution in [0.5, 0.6) is 0 Å². The molecule has 0 spiro atoms. The molecule has 0 bridgehead atoms. The Hall–Kier alpha value is -0.0700. The molecular weight excluding hydrogens is 379 g/mol. The van der Waals surface area contributed by atoms with Crippen LogP contribution in [0, 0.1) is 29.6 Å². The lowest BCUT2D eigenvalue weighted by molar-refractivity contribution is 0.0965. The van der Waals surface area contributed by atoms with Gasteiger partial charge >= 0.3 is 0 Å².